The van der Waals surface area contributed by atoms with Gasteiger partial charge in [0.1, 0.15) is 0 Å². The van der Waals surface area contributed by atoms with Crippen molar-refractivity contribution >= 4 is 7.82 Å². The number of rotatable bonds is 28. The van der Waals surface area contributed by atoms with Gasteiger partial charge in [-0.05, 0) is 19.3 Å². The van der Waals surface area contributed by atoms with E-state index in [0.717, 1.165) is 0 Å². The smallest absolute Gasteiger partial charge is 0.325 e. The van der Waals surface area contributed by atoms with Crippen LogP contribution in [0.25, 0.3) is 0 Å². The van der Waals surface area contributed by atoms with E-state index in [1.165, 1.54) is 180 Å². The summed E-state index contributed by atoms with van der Waals surface area (Å²) in [5.74, 6) is 0. The molecule has 0 aromatic carbocycles. The molecule has 0 aromatic heterocycles. The van der Waals surface area contributed by atoms with Crippen molar-refractivity contribution in [2.45, 2.75) is 206 Å². The van der Waals surface area contributed by atoms with Crippen molar-refractivity contribution in [2.24, 2.45) is 5.73 Å². The van der Waals surface area contributed by atoms with Crippen molar-refractivity contribution in [1.29, 1.82) is 0 Å². The molecule has 232 valence electrons. The van der Waals surface area contributed by atoms with Crippen LogP contribution in [0.15, 0.2) is 0 Å². The third kappa shape index (κ3) is 38.2. The fourth-order valence-electron chi connectivity index (χ4n) is 5.38. The van der Waals surface area contributed by atoms with Crippen LogP contribution in [0.5, 0.6) is 0 Å². The lowest BCUT2D eigenvalue weighted by molar-refractivity contribution is 0.275. The number of phosphoric acid groups is 1. The Morgan fingerprint density at radius 2 is 0.579 bits per heavy atom. The van der Waals surface area contributed by atoms with Gasteiger partial charge in [0.2, 0.25) is 0 Å². The Balaban J connectivity index is 0. The van der Waals surface area contributed by atoms with Crippen LogP contribution in [0, 0.1) is 0 Å². The molecule has 0 bridgehead atoms. The van der Waals surface area contributed by atoms with Gasteiger partial charge < -0.3 is 20.4 Å². The van der Waals surface area contributed by atoms with Crippen LogP contribution in [0.2, 0.25) is 0 Å². The van der Waals surface area contributed by atoms with E-state index < -0.39 is 7.82 Å². The molecule has 0 heterocycles. The molecule has 0 unspecified atom stereocenters. The van der Waals surface area contributed by atoms with E-state index in [1.807, 2.05) is 0 Å². The van der Waals surface area contributed by atoms with Crippen molar-refractivity contribution in [3.05, 3.63) is 0 Å². The van der Waals surface area contributed by atoms with Crippen LogP contribution in [-0.2, 0) is 4.57 Å². The summed E-state index contributed by atoms with van der Waals surface area (Å²) in [4.78, 5) is 21.6. The molecule has 38 heavy (non-hydrogen) atoms. The number of hydrogen-bond acceptors (Lipinski definition) is 2. The average molecular weight is 564 g/mol. The molecule has 0 aromatic rings. The zero-order valence-electron chi connectivity index (χ0n) is 26.1. The topological polar surface area (TPSA) is 104 Å². The van der Waals surface area contributed by atoms with Crippen LogP contribution >= 0.6 is 7.82 Å². The highest BCUT2D eigenvalue weighted by Crippen LogP contribution is 2.27. The van der Waals surface area contributed by atoms with Gasteiger partial charge in [0.15, 0.2) is 0 Å². The minimum atomic E-state index is -4.64. The first-order chi connectivity index (χ1) is 18.2. The van der Waals surface area contributed by atoms with E-state index in [4.69, 9.17) is 25.0 Å². The van der Waals surface area contributed by atoms with Crippen molar-refractivity contribution in [3.63, 3.8) is 0 Å². The van der Waals surface area contributed by atoms with Gasteiger partial charge in [0, 0.05) is 5.54 Å². The molecule has 0 aliphatic rings. The molecule has 0 aliphatic heterocycles. The maximum Gasteiger partial charge on any atom is 0.466 e. The molecule has 0 fully saturated rings. The van der Waals surface area contributed by atoms with Crippen LogP contribution in [0.4, 0.5) is 0 Å². The first-order valence-electron chi connectivity index (χ1n) is 16.8. The zero-order valence-corrected chi connectivity index (χ0v) is 27.0. The highest BCUT2D eigenvalue weighted by Gasteiger charge is 2.23. The summed E-state index contributed by atoms with van der Waals surface area (Å²) in [5, 5.41) is 0. The van der Waals surface area contributed by atoms with Gasteiger partial charge in [-0.2, -0.15) is 0 Å². The van der Waals surface area contributed by atoms with E-state index in [9.17, 15) is 0 Å². The van der Waals surface area contributed by atoms with Crippen LogP contribution < -0.4 is 5.73 Å². The summed E-state index contributed by atoms with van der Waals surface area (Å²) in [6, 6.07) is 0. The quantitative estimate of drug-likeness (QED) is 0.0560. The highest BCUT2D eigenvalue weighted by atomic mass is 31.2. The Morgan fingerprint density at radius 1 is 0.421 bits per heavy atom. The molecule has 5 N–H and O–H groups in total. The second kappa shape index (κ2) is 30.0. The molecule has 5 nitrogen and oxygen atoms in total. The molecular weight excluding hydrogens is 493 g/mol. The average Bonchev–Trinajstić information content (AvgIpc) is 2.85. The van der Waals surface area contributed by atoms with Gasteiger partial charge >= 0.3 is 7.82 Å². The fraction of sp³-hybridized carbons (Fsp3) is 1.00. The molecule has 0 saturated heterocycles. The Kier molecular flexibility index (Phi) is 31.8. The maximum absolute atomic E-state index is 8.88. The number of nitrogens with two attached hydrogens (primary N) is 1. The first kappa shape index (κ1) is 40.2. The zero-order chi connectivity index (χ0) is 28.8. The van der Waals surface area contributed by atoms with Gasteiger partial charge in [-0.25, -0.2) is 4.57 Å². The first-order valence-corrected chi connectivity index (χ1v) is 18.3. The van der Waals surface area contributed by atoms with Crippen LogP contribution in [0.1, 0.15) is 201 Å². The summed E-state index contributed by atoms with van der Waals surface area (Å²) in [6.07, 6.45) is 39.2. The Morgan fingerprint density at radius 3 is 0.763 bits per heavy atom. The van der Waals surface area contributed by atoms with E-state index in [1.54, 1.807) is 0 Å². The Hall–Kier alpha value is 0.0700. The second-order valence-corrected chi connectivity index (χ2v) is 12.9. The Bertz CT molecular complexity index is 466. The predicted molar refractivity (Wildman–Crippen MR) is 167 cm³/mol. The molecule has 0 atom stereocenters. The minimum absolute atomic E-state index is 0.131. The fourth-order valence-corrected chi connectivity index (χ4v) is 5.38. The second-order valence-electron chi connectivity index (χ2n) is 11.9. The standard InChI is InChI=1S/C32H67N.H3O4P/c1-4-7-10-13-15-17-19-21-24-27-30-32(33,29-26-23-12-9-6-3)31-28-25-22-20-18-16-14-11-8-5-2;1-5(2,3)4/h4-31,33H2,1-3H3;(H3,1,2,3,4). The van der Waals surface area contributed by atoms with Crippen molar-refractivity contribution < 1.29 is 19.2 Å². The summed E-state index contributed by atoms with van der Waals surface area (Å²) in [6.45, 7) is 6.92. The number of hydrogen-bond donors (Lipinski definition) is 4. The lowest BCUT2D eigenvalue weighted by Crippen LogP contribution is -2.39. The molecule has 0 radical (unpaired) electrons. The SMILES string of the molecule is CCCCCCCCCCCCC(N)(CCCCCCC)CCCCCCCCCCCC.O=P(O)(O)O. The van der Waals surface area contributed by atoms with Crippen LogP contribution in [-0.4, -0.2) is 20.2 Å². The third-order valence-corrected chi connectivity index (χ3v) is 7.83. The maximum atomic E-state index is 8.88. The Labute approximate surface area is 238 Å². The van der Waals surface area contributed by atoms with Gasteiger partial charge in [-0.1, -0.05) is 181 Å². The lowest BCUT2D eigenvalue weighted by atomic mass is 9.82. The highest BCUT2D eigenvalue weighted by molar-refractivity contribution is 7.45. The molecule has 6 heteroatoms. The molecule has 0 rings (SSSR count). The van der Waals surface area contributed by atoms with Gasteiger partial charge in [0.25, 0.3) is 0 Å². The molecule has 0 aliphatic carbocycles. The summed E-state index contributed by atoms with van der Waals surface area (Å²) >= 11 is 0. The normalized spacial score (nSPS) is 12.0. The minimum Gasteiger partial charge on any atom is -0.325 e. The number of unbranched alkanes of at least 4 members (excludes halogenated alkanes) is 22. The summed E-state index contributed by atoms with van der Waals surface area (Å²) < 4.78 is 8.88. The van der Waals surface area contributed by atoms with Crippen molar-refractivity contribution in [1.82, 2.24) is 0 Å². The van der Waals surface area contributed by atoms with Crippen LogP contribution in [0.3, 0.4) is 0 Å². The van der Waals surface area contributed by atoms with Crippen molar-refractivity contribution in [3.8, 4) is 0 Å². The third-order valence-electron chi connectivity index (χ3n) is 7.83. The molecule has 0 saturated carbocycles. The van der Waals surface area contributed by atoms with Crippen molar-refractivity contribution in [2.75, 3.05) is 0 Å². The molecular formula is C32H70NO4P. The lowest BCUT2D eigenvalue weighted by Gasteiger charge is -2.30. The monoisotopic (exact) mass is 564 g/mol. The molecule has 0 amide bonds. The van der Waals surface area contributed by atoms with E-state index >= 15 is 0 Å². The van der Waals surface area contributed by atoms with Gasteiger partial charge in [-0.3, -0.25) is 0 Å². The predicted octanol–water partition coefficient (Wildman–Crippen LogP) is 10.7. The summed E-state index contributed by atoms with van der Waals surface area (Å²) in [7, 11) is -4.64. The van der Waals surface area contributed by atoms with E-state index in [0.29, 0.717) is 0 Å². The largest absolute Gasteiger partial charge is 0.466 e. The van der Waals surface area contributed by atoms with E-state index in [-0.39, 0.29) is 5.54 Å². The van der Waals surface area contributed by atoms with Gasteiger partial charge in [0.05, 0.1) is 0 Å². The summed E-state index contributed by atoms with van der Waals surface area (Å²) in [5.41, 5.74) is 7.16. The van der Waals surface area contributed by atoms with Gasteiger partial charge in [-0.15, -0.1) is 0 Å². The molecule has 0 spiro atoms. The van der Waals surface area contributed by atoms with E-state index in [2.05, 4.69) is 20.8 Å².